The minimum atomic E-state index is -1.68. The molecule has 0 saturated heterocycles. The van der Waals surface area contributed by atoms with Crippen LogP contribution in [-0.2, 0) is 15.2 Å². The first kappa shape index (κ1) is 7.40. The topological polar surface area (TPSA) is 0 Å². The third-order valence-corrected chi connectivity index (χ3v) is 6.12. The molecule has 3 heteroatoms. The van der Waals surface area contributed by atoms with Gasteiger partial charge in [0.05, 0.1) is 0 Å². The summed E-state index contributed by atoms with van der Waals surface area (Å²) in [5, 5.41) is 0. The summed E-state index contributed by atoms with van der Waals surface area (Å²) >= 11 is -1.68. The Morgan fingerprint density at radius 2 is 2.10 bits per heavy atom. The van der Waals surface area contributed by atoms with Crippen molar-refractivity contribution in [2.24, 2.45) is 0 Å². The van der Waals surface area contributed by atoms with Crippen LogP contribution in [0.5, 0.6) is 0 Å². The summed E-state index contributed by atoms with van der Waals surface area (Å²) in [7, 11) is 11.8. The molecule has 1 saturated carbocycles. The summed E-state index contributed by atoms with van der Waals surface area (Å²) in [6.45, 7) is 0. The molecule has 2 rings (SSSR count). The zero-order valence-corrected chi connectivity index (χ0v) is 9.05. The molecule has 0 aliphatic heterocycles. The molecule has 0 nitrogen and oxygen atoms in total. The van der Waals surface area contributed by atoms with Gasteiger partial charge in [0, 0.05) is 0 Å². The SMILES string of the molecule is [Cl][Pt]([Cl])[C]1=C2CCC(=C1)C2. The quantitative estimate of drug-likeness (QED) is 0.676. The molecule has 2 aliphatic carbocycles. The van der Waals surface area contributed by atoms with Gasteiger partial charge < -0.3 is 0 Å². The van der Waals surface area contributed by atoms with Gasteiger partial charge in [-0.25, -0.2) is 0 Å². The normalized spacial score (nSPS) is 23.8. The van der Waals surface area contributed by atoms with E-state index < -0.39 is 15.2 Å². The van der Waals surface area contributed by atoms with Crippen LogP contribution in [0.15, 0.2) is 21.2 Å². The maximum atomic E-state index is 5.90. The van der Waals surface area contributed by atoms with Crippen LogP contribution >= 0.6 is 18.8 Å². The van der Waals surface area contributed by atoms with E-state index in [9.17, 15) is 0 Å². The number of hydrogen-bond donors (Lipinski definition) is 0. The molecule has 0 radical (unpaired) electrons. The van der Waals surface area contributed by atoms with Crippen LogP contribution in [0.3, 0.4) is 0 Å². The van der Waals surface area contributed by atoms with Crippen LogP contribution < -0.4 is 0 Å². The van der Waals surface area contributed by atoms with Crippen molar-refractivity contribution in [2.45, 2.75) is 19.3 Å². The fourth-order valence-electron chi connectivity index (χ4n) is 1.46. The molecule has 0 aromatic heterocycles. The van der Waals surface area contributed by atoms with E-state index in [1.807, 2.05) is 0 Å². The molecule has 1 fully saturated rings. The fourth-order valence-corrected chi connectivity index (χ4v) is 5.22. The molecular weight excluding hydrogens is 350 g/mol. The van der Waals surface area contributed by atoms with Crippen LogP contribution in [0.4, 0.5) is 0 Å². The minimum absolute atomic E-state index is 1.18. The fraction of sp³-hybridized carbons (Fsp3) is 0.429. The zero-order valence-electron chi connectivity index (χ0n) is 5.27. The van der Waals surface area contributed by atoms with Gasteiger partial charge in [-0.3, -0.25) is 0 Å². The zero-order chi connectivity index (χ0) is 7.14. The number of hydrogen-bond acceptors (Lipinski definition) is 0. The van der Waals surface area contributed by atoms with Crippen molar-refractivity contribution >= 4 is 18.8 Å². The molecule has 10 heavy (non-hydrogen) atoms. The molecule has 0 spiro atoms. The Hall–Kier alpha value is 0.748. The summed E-state index contributed by atoms with van der Waals surface area (Å²) in [4.78, 5) is 0. The van der Waals surface area contributed by atoms with E-state index in [1.165, 1.54) is 28.8 Å². The molecule has 0 aromatic carbocycles. The van der Waals surface area contributed by atoms with Gasteiger partial charge in [0.1, 0.15) is 0 Å². The molecule has 0 amide bonds. The van der Waals surface area contributed by atoms with E-state index in [4.69, 9.17) is 18.8 Å². The van der Waals surface area contributed by atoms with Gasteiger partial charge in [-0.05, 0) is 0 Å². The van der Waals surface area contributed by atoms with Crippen LogP contribution in [0.1, 0.15) is 19.3 Å². The second-order valence-electron chi connectivity index (χ2n) is 2.56. The van der Waals surface area contributed by atoms with E-state index in [0.717, 1.165) is 0 Å². The third-order valence-electron chi connectivity index (χ3n) is 1.95. The van der Waals surface area contributed by atoms with Crippen LogP contribution in [0.2, 0.25) is 0 Å². The van der Waals surface area contributed by atoms with Crippen LogP contribution in [-0.4, -0.2) is 0 Å². The van der Waals surface area contributed by atoms with Gasteiger partial charge in [-0.2, -0.15) is 0 Å². The van der Waals surface area contributed by atoms with Crippen LogP contribution in [0, 0.1) is 0 Å². The monoisotopic (exact) mass is 356 g/mol. The van der Waals surface area contributed by atoms with Crippen molar-refractivity contribution in [3.63, 3.8) is 0 Å². The Balaban J connectivity index is 2.31. The number of rotatable bonds is 1. The number of allylic oxidation sites excluding steroid dienone is 4. The van der Waals surface area contributed by atoms with Gasteiger partial charge in [-0.1, -0.05) is 0 Å². The summed E-state index contributed by atoms with van der Waals surface area (Å²) in [6.07, 6.45) is 5.90. The van der Waals surface area contributed by atoms with Gasteiger partial charge >= 0.3 is 74.5 Å². The molecule has 0 unspecified atom stereocenters. The standard InChI is InChI=1S/C7H7.2ClH.Pt/c1-2-7-4-3-6(1)5-7;;;/h1H,3-5H2;2*1H;/q;;;+2/p-2. The van der Waals surface area contributed by atoms with Gasteiger partial charge in [0.15, 0.2) is 0 Å². The third kappa shape index (κ3) is 1.11. The second-order valence-corrected chi connectivity index (χ2v) is 9.88. The average Bonchev–Trinajstić information content (AvgIpc) is 2.44. The summed E-state index contributed by atoms with van der Waals surface area (Å²) in [6, 6.07) is 0. The Morgan fingerprint density at radius 1 is 1.30 bits per heavy atom. The molecular formula is C7H7Cl2Pt. The predicted molar refractivity (Wildman–Crippen MR) is 40.7 cm³/mol. The first-order valence-electron chi connectivity index (χ1n) is 3.14. The average molecular weight is 357 g/mol. The van der Waals surface area contributed by atoms with Crippen molar-refractivity contribution < 1.29 is 15.2 Å². The molecule has 0 aromatic rings. The summed E-state index contributed by atoms with van der Waals surface area (Å²) in [5.41, 5.74) is 3.08. The first-order chi connectivity index (χ1) is 4.77. The van der Waals surface area contributed by atoms with Crippen molar-refractivity contribution in [3.05, 3.63) is 21.2 Å². The maximum absolute atomic E-state index is 5.90. The summed E-state index contributed by atoms with van der Waals surface area (Å²) in [5.74, 6) is 0. The molecule has 0 N–H and O–H groups in total. The molecule has 2 bridgehead atoms. The van der Waals surface area contributed by atoms with Crippen molar-refractivity contribution in [1.29, 1.82) is 0 Å². The Labute approximate surface area is 74.3 Å². The second kappa shape index (κ2) is 2.66. The van der Waals surface area contributed by atoms with Gasteiger partial charge in [0.2, 0.25) is 0 Å². The Bertz CT molecular complexity index is 228. The van der Waals surface area contributed by atoms with Gasteiger partial charge in [-0.15, -0.1) is 0 Å². The van der Waals surface area contributed by atoms with E-state index in [1.54, 1.807) is 5.57 Å². The molecule has 0 atom stereocenters. The predicted octanol–water partition coefficient (Wildman–Crippen LogP) is 3.29. The number of halogens is 2. The van der Waals surface area contributed by atoms with E-state index >= 15 is 0 Å². The van der Waals surface area contributed by atoms with E-state index in [2.05, 4.69) is 6.08 Å². The first-order valence-corrected chi connectivity index (χ1v) is 9.91. The van der Waals surface area contributed by atoms with E-state index in [0.29, 0.717) is 0 Å². The van der Waals surface area contributed by atoms with Crippen molar-refractivity contribution in [3.8, 4) is 0 Å². The molecule has 0 heterocycles. The van der Waals surface area contributed by atoms with Crippen LogP contribution in [0.25, 0.3) is 0 Å². The Kier molecular flexibility index (Phi) is 1.97. The van der Waals surface area contributed by atoms with Crippen molar-refractivity contribution in [1.82, 2.24) is 0 Å². The molecule has 59 valence electrons. The Morgan fingerprint density at radius 3 is 2.40 bits per heavy atom. The van der Waals surface area contributed by atoms with Gasteiger partial charge in [0.25, 0.3) is 0 Å². The summed E-state index contributed by atoms with van der Waals surface area (Å²) < 4.78 is 1.33. The van der Waals surface area contributed by atoms with Crippen molar-refractivity contribution in [2.75, 3.05) is 0 Å². The molecule has 2 aliphatic rings. The number of fused-ring (bicyclic) bond motifs is 2. The van der Waals surface area contributed by atoms with E-state index in [-0.39, 0.29) is 0 Å².